The first-order valence-electron chi connectivity index (χ1n) is 8.69. The number of thiophene rings is 1. The Kier molecular flexibility index (Phi) is 6.32. The van der Waals surface area contributed by atoms with Gasteiger partial charge in [0.25, 0.3) is 5.91 Å². The van der Waals surface area contributed by atoms with Crippen LogP contribution in [0.3, 0.4) is 0 Å². The Balaban J connectivity index is 1.70. The Morgan fingerprint density at radius 3 is 2.85 bits per heavy atom. The van der Waals surface area contributed by atoms with Crippen LogP contribution in [0.25, 0.3) is 11.3 Å². The summed E-state index contributed by atoms with van der Waals surface area (Å²) in [5, 5.41) is 16.4. The average Bonchev–Trinajstić information content (AvgIpc) is 3.17. The number of hydrogen-bond acceptors (Lipinski definition) is 4. The Bertz CT molecular complexity index is 912. The molecule has 4 nitrogen and oxygen atoms in total. The van der Waals surface area contributed by atoms with Crippen molar-refractivity contribution in [3.8, 4) is 11.3 Å². The molecule has 1 aromatic carbocycles. The zero-order valence-electron chi connectivity index (χ0n) is 15.0. The summed E-state index contributed by atoms with van der Waals surface area (Å²) in [6, 6.07) is 9.92. The highest BCUT2D eigenvalue weighted by atomic mass is 32.1. The molecule has 0 radical (unpaired) electrons. The van der Waals surface area contributed by atoms with Crippen molar-refractivity contribution in [3.63, 3.8) is 0 Å². The van der Waals surface area contributed by atoms with Crippen molar-refractivity contribution >= 4 is 17.2 Å². The van der Waals surface area contributed by atoms with Crippen molar-refractivity contribution in [1.82, 2.24) is 10.3 Å². The summed E-state index contributed by atoms with van der Waals surface area (Å²) in [7, 11) is 0. The first kappa shape index (κ1) is 19.2. The van der Waals surface area contributed by atoms with Crippen LogP contribution in [-0.2, 0) is 6.42 Å². The molecule has 6 heteroatoms. The fraction of sp³-hybridized carbons (Fsp3) is 0.238. The molecular formula is C21H21FN2O2S. The molecule has 1 amide bonds. The lowest BCUT2D eigenvalue weighted by molar-refractivity contribution is 0.0939. The first-order valence-corrected chi connectivity index (χ1v) is 9.63. The van der Waals surface area contributed by atoms with Gasteiger partial charge in [-0.2, -0.15) is 11.3 Å². The molecule has 2 N–H and O–H groups in total. The maximum absolute atomic E-state index is 14.0. The number of hydrogen-bond donors (Lipinski definition) is 2. The van der Waals surface area contributed by atoms with E-state index in [1.807, 2.05) is 35.9 Å². The van der Waals surface area contributed by atoms with E-state index in [0.717, 1.165) is 11.1 Å². The van der Waals surface area contributed by atoms with E-state index in [4.69, 9.17) is 0 Å². The zero-order valence-corrected chi connectivity index (χ0v) is 15.8. The molecule has 0 aliphatic heterocycles. The van der Waals surface area contributed by atoms with E-state index in [0.29, 0.717) is 24.2 Å². The number of aliphatic hydroxyl groups excluding tert-OH is 1. The van der Waals surface area contributed by atoms with Gasteiger partial charge in [0.1, 0.15) is 5.82 Å². The molecule has 2 heterocycles. The van der Waals surface area contributed by atoms with Gasteiger partial charge in [-0.25, -0.2) is 4.39 Å². The molecule has 1 unspecified atom stereocenters. The largest absolute Gasteiger partial charge is 0.396 e. The standard InChI is InChI=1S/C21H21FN2O2S/c1-14-2-4-23-20(6-14)17-8-18(10-19(22)9-17)21(26)24-11-16(12-25)7-15-3-5-27-13-15/h2-6,8-10,13,16,25H,7,11-12H2,1H3,(H,24,26). The predicted molar refractivity (Wildman–Crippen MR) is 105 cm³/mol. The van der Waals surface area contributed by atoms with Gasteiger partial charge in [0.2, 0.25) is 0 Å². The van der Waals surface area contributed by atoms with Crippen molar-refractivity contribution < 1.29 is 14.3 Å². The van der Waals surface area contributed by atoms with Crippen LogP contribution in [-0.4, -0.2) is 29.1 Å². The van der Waals surface area contributed by atoms with Gasteiger partial charge in [0, 0.05) is 36.4 Å². The second-order valence-corrected chi connectivity index (χ2v) is 7.32. The van der Waals surface area contributed by atoms with Gasteiger partial charge in [-0.3, -0.25) is 9.78 Å². The normalized spacial score (nSPS) is 12.0. The monoisotopic (exact) mass is 384 g/mol. The smallest absolute Gasteiger partial charge is 0.251 e. The number of pyridine rings is 1. The number of aryl methyl sites for hydroxylation is 1. The molecule has 140 valence electrons. The molecule has 0 saturated heterocycles. The minimum atomic E-state index is -0.488. The van der Waals surface area contributed by atoms with E-state index >= 15 is 0 Å². The third-order valence-electron chi connectivity index (χ3n) is 4.29. The Morgan fingerprint density at radius 2 is 2.15 bits per heavy atom. The second kappa shape index (κ2) is 8.88. The quantitative estimate of drug-likeness (QED) is 0.651. The number of amides is 1. The fourth-order valence-corrected chi connectivity index (χ4v) is 3.53. The maximum Gasteiger partial charge on any atom is 0.251 e. The van der Waals surface area contributed by atoms with Crippen molar-refractivity contribution in [1.29, 1.82) is 0 Å². The molecule has 3 rings (SSSR count). The number of aliphatic hydroxyl groups is 1. The van der Waals surface area contributed by atoms with E-state index in [1.165, 1.54) is 12.1 Å². The van der Waals surface area contributed by atoms with Crippen molar-refractivity contribution in [2.45, 2.75) is 13.3 Å². The topological polar surface area (TPSA) is 62.2 Å². The van der Waals surface area contributed by atoms with Gasteiger partial charge in [-0.15, -0.1) is 0 Å². The number of carbonyl (C=O) groups excluding carboxylic acids is 1. The van der Waals surface area contributed by atoms with Gasteiger partial charge >= 0.3 is 0 Å². The number of benzene rings is 1. The predicted octanol–water partition coefficient (Wildman–Crippen LogP) is 3.84. The van der Waals surface area contributed by atoms with Crippen LogP contribution < -0.4 is 5.32 Å². The second-order valence-electron chi connectivity index (χ2n) is 6.54. The highest BCUT2D eigenvalue weighted by Crippen LogP contribution is 2.21. The van der Waals surface area contributed by atoms with Gasteiger partial charge in [0.05, 0.1) is 5.69 Å². The van der Waals surface area contributed by atoms with E-state index in [2.05, 4.69) is 10.3 Å². The van der Waals surface area contributed by atoms with E-state index in [9.17, 15) is 14.3 Å². The summed E-state index contributed by atoms with van der Waals surface area (Å²) in [4.78, 5) is 16.7. The lowest BCUT2D eigenvalue weighted by Crippen LogP contribution is -2.31. The Hall–Kier alpha value is -2.57. The minimum absolute atomic E-state index is 0.0300. The van der Waals surface area contributed by atoms with Crippen LogP contribution in [0.2, 0.25) is 0 Å². The molecule has 0 fully saturated rings. The van der Waals surface area contributed by atoms with Crippen LogP contribution in [0.1, 0.15) is 21.5 Å². The van der Waals surface area contributed by atoms with Gasteiger partial charge in [-0.1, -0.05) is 0 Å². The summed E-state index contributed by atoms with van der Waals surface area (Å²) >= 11 is 1.60. The molecule has 0 aliphatic carbocycles. The highest BCUT2D eigenvalue weighted by Gasteiger charge is 2.14. The highest BCUT2D eigenvalue weighted by molar-refractivity contribution is 7.07. The van der Waals surface area contributed by atoms with Crippen LogP contribution in [0.5, 0.6) is 0 Å². The summed E-state index contributed by atoms with van der Waals surface area (Å²) in [5.74, 6) is -0.944. The molecule has 1 atom stereocenters. The summed E-state index contributed by atoms with van der Waals surface area (Å²) < 4.78 is 14.0. The van der Waals surface area contributed by atoms with Crippen LogP contribution in [0, 0.1) is 18.7 Å². The van der Waals surface area contributed by atoms with Gasteiger partial charge in [0.15, 0.2) is 0 Å². The SMILES string of the molecule is Cc1ccnc(-c2cc(F)cc(C(=O)NCC(CO)Cc3ccsc3)c2)c1. The van der Waals surface area contributed by atoms with E-state index in [1.54, 1.807) is 23.6 Å². The lowest BCUT2D eigenvalue weighted by Gasteiger charge is -2.15. The number of nitrogens with zero attached hydrogens (tertiary/aromatic N) is 1. The fourth-order valence-electron chi connectivity index (χ4n) is 2.85. The van der Waals surface area contributed by atoms with E-state index < -0.39 is 5.82 Å². The molecule has 0 bridgehead atoms. The number of halogens is 1. The summed E-state index contributed by atoms with van der Waals surface area (Å²) in [6.45, 7) is 2.22. The van der Waals surface area contributed by atoms with Gasteiger partial charge in [-0.05, 0) is 71.6 Å². The first-order chi connectivity index (χ1) is 13.0. The molecule has 27 heavy (non-hydrogen) atoms. The third kappa shape index (κ3) is 5.21. The van der Waals surface area contributed by atoms with Crippen LogP contribution in [0.15, 0.2) is 53.4 Å². The number of rotatable bonds is 7. The van der Waals surface area contributed by atoms with Crippen molar-refractivity contribution in [3.05, 3.63) is 75.9 Å². The maximum atomic E-state index is 14.0. The molecule has 0 saturated carbocycles. The zero-order chi connectivity index (χ0) is 19.2. The molecule has 2 aromatic heterocycles. The Morgan fingerprint density at radius 1 is 1.30 bits per heavy atom. The third-order valence-corrected chi connectivity index (χ3v) is 5.02. The van der Waals surface area contributed by atoms with Crippen LogP contribution in [0.4, 0.5) is 4.39 Å². The van der Waals surface area contributed by atoms with Crippen molar-refractivity contribution in [2.75, 3.05) is 13.2 Å². The van der Waals surface area contributed by atoms with Crippen molar-refractivity contribution in [2.24, 2.45) is 5.92 Å². The molecule has 3 aromatic rings. The van der Waals surface area contributed by atoms with Gasteiger partial charge < -0.3 is 10.4 Å². The number of nitrogens with one attached hydrogen (secondary N) is 1. The lowest BCUT2D eigenvalue weighted by atomic mass is 10.0. The molecule has 0 aliphatic rings. The van der Waals surface area contributed by atoms with Crippen LogP contribution >= 0.6 is 11.3 Å². The summed E-state index contributed by atoms with van der Waals surface area (Å²) in [5.41, 5.74) is 3.55. The van der Waals surface area contributed by atoms with E-state index in [-0.39, 0.29) is 24.0 Å². The number of aromatic nitrogens is 1. The minimum Gasteiger partial charge on any atom is -0.396 e. The average molecular weight is 384 g/mol. The molecule has 0 spiro atoms. The summed E-state index contributed by atoms with van der Waals surface area (Å²) in [6.07, 6.45) is 2.34. The molecular weight excluding hydrogens is 363 g/mol. The Labute approximate surface area is 161 Å². The number of carbonyl (C=O) groups is 1.